The SMILES string of the molecule is COc1cc(C=NNC(=O)CCn2c(C)nc3ccccc32)ccc1O. The number of hydrazone groups is 1. The molecule has 26 heavy (non-hydrogen) atoms. The highest BCUT2D eigenvalue weighted by molar-refractivity contribution is 5.83. The molecule has 0 saturated heterocycles. The minimum Gasteiger partial charge on any atom is -0.504 e. The van der Waals surface area contributed by atoms with Gasteiger partial charge in [0.2, 0.25) is 5.91 Å². The van der Waals surface area contributed by atoms with E-state index in [4.69, 9.17) is 4.74 Å². The Morgan fingerprint density at radius 3 is 2.96 bits per heavy atom. The summed E-state index contributed by atoms with van der Waals surface area (Å²) in [5.74, 6) is 1.09. The lowest BCUT2D eigenvalue weighted by Crippen LogP contribution is -2.19. The smallest absolute Gasteiger partial charge is 0.241 e. The number of rotatable bonds is 6. The summed E-state index contributed by atoms with van der Waals surface area (Å²) in [6.07, 6.45) is 1.79. The quantitative estimate of drug-likeness (QED) is 0.527. The molecule has 1 aromatic heterocycles. The first kappa shape index (κ1) is 17.5. The van der Waals surface area contributed by atoms with E-state index in [-0.39, 0.29) is 18.1 Å². The van der Waals surface area contributed by atoms with Crippen molar-refractivity contribution >= 4 is 23.2 Å². The van der Waals surface area contributed by atoms with Gasteiger partial charge in [0.25, 0.3) is 0 Å². The molecular weight excluding hydrogens is 332 g/mol. The molecule has 0 unspecified atom stereocenters. The summed E-state index contributed by atoms with van der Waals surface area (Å²) in [7, 11) is 1.47. The Kier molecular flexibility index (Phi) is 5.17. The Hall–Kier alpha value is -3.35. The maximum absolute atomic E-state index is 12.0. The van der Waals surface area contributed by atoms with Crippen molar-refractivity contribution in [2.45, 2.75) is 19.9 Å². The number of amides is 1. The fourth-order valence-electron chi connectivity index (χ4n) is 2.70. The van der Waals surface area contributed by atoms with Crippen LogP contribution in [-0.2, 0) is 11.3 Å². The average molecular weight is 352 g/mol. The molecule has 0 aliphatic carbocycles. The molecule has 0 aliphatic rings. The largest absolute Gasteiger partial charge is 0.504 e. The van der Waals surface area contributed by atoms with Crippen molar-refractivity contribution in [2.24, 2.45) is 5.10 Å². The molecule has 2 N–H and O–H groups in total. The van der Waals surface area contributed by atoms with Crippen molar-refractivity contribution in [1.29, 1.82) is 0 Å². The number of carbonyl (C=O) groups excluding carboxylic acids is 1. The summed E-state index contributed by atoms with van der Waals surface area (Å²) in [6.45, 7) is 2.45. The predicted octanol–water partition coefficient (Wildman–Crippen LogP) is 2.60. The molecule has 7 heteroatoms. The lowest BCUT2D eigenvalue weighted by molar-refractivity contribution is -0.121. The number of hydrogen-bond donors (Lipinski definition) is 2. The number of imidazole rings is 1. The van der Waals surface area contributed by atoms with E-state index < -0.39 is 0 Å². The molecule has 0 radical (unpaired) electrons. The molecule has 1 heterocycles. The molecule has 3 rings (SSSR count). The van der Waals surface area contributed by atoms with Crippen molar-refractivity contribution < 1.29 is 14.6 Å². The van der Waals surface area contributed by atoms with Gasteiger partial charge in [-0.1, -0.05) is 12.1 Å². The van der Waals surface area contributed by atoms with Gasteiger partial charge in [-0.15, -0.1) is 0 Å². The standard InChI is InChI=1S/C19H20N4O3/c1-13-21-15-5-3-4-6-16(15)23(13)10-9-19(25)22-20-12-14-7-8-17(24)18(11-14)26-2/h3-8,11-12,24H,9-10H2,1-2H3,(H,22,25). The number of aromatic nitrogens is 2. The highest BCUT2D eigenvalue weighted by atomic mass is 16.5. The Morgan fingerprint density at radius 1 is 1.35 bits per heavy atom. The Labute approximate surface area is 150 Å². The molecule has 0 saturated carbocycles. The topological polar surface area (TPSA) is 88.7 Å². The number of phenolic OH excluding ortho intramolecular Hbond substituents is 1. The molecule has 0 aliphatic heterocycles. The molecule has 0 fully saturated rings. The molecular formula is C19H20N4O3. The maximum atomic E-state index is 12.0. The van der Waals surface area contributed by atoms with Gasteiger partial charge in [-0.2, -0.15) is 5.10 Å². The number of aromatic hydroxyl groups is 1. The highest BCUT2D eigenvalue weighted by Gasteiger charge is 2.08. The number of carbonyl (C=O) groups is 1. The second-order valence-corrected chi connectivity index (χ2v) is 5.77. The number of aryl methyl sites for hydroxylation is 2. The van der Waals surface area contributed by atoms with Crippen LogP contribution < -0.4 is 10.2 Å². The van der Waals surface area contributed by atoms with Crippen LogP contribution in [0.4, 0.5) is 0 Å². The fraction of sp³-hybridized carbons (Fsp3) is 0.211. The molecule has 7 nitrogen and oxygen atoms in total. The second kappa shape index (κ2) is 7.69. The van der Waals surface area contributed by atoms with E-state index in [2.05, 4.69) is 15.5 Å². The monoisotopic (exact) mass is 352 g/mol. The van der Waals surface area contributed by atoms with Crippen molar-refractivity contribution in [3.8, 4) is 11.5 Å². The van der Waals surface area contributed by atoms with Crippen LogP contribution in [0.5, 0.6) is 11.5 Å². The molecule has 3 aromatic rings. The van der Waals surface area contributed by atoms with Crippen molar-refractivity contribution in [2.75, 3.05) is 7.11 Å². The van der Waals surface area contributed by atoms with Crippen LogP contribution in [0.2, 0.25) is 0 Å². The van der Waals surface area contributed by atoms with Gasteiger partial charge in [-0.25, -0.2) is 10.4 Å². The van der Waals surface area contributed by atoms with Crippen LogP contribution in [0.3, 0.4) is 0 Å². The van der Waals surface area contributed by atoms with Crippen LogP contribution in [0, 0.1) is 6.92 Å². The number of benzene rings is 2. The zero-order valence-electron chi connectivity index (χ0n) is 14.6. The van der Waals surface area contributed by atoms with Crippen LogP contribution in [0.1, 0.15) is 17.8 Å². The van der Waals surface area contributed by atoms with Crippen LogP contribution >= 0.6 is 0 Å². The molecule has 0 spiro atoms. The third kappa shape index (κ3) is 3.83. The number of phenols is 1. The van der Waals surface area contributed by atoms with E-state index in [9.17, 15) is 9.90 Å². The summed E-state index contributed by atoms with van der Waals surface area (Å²) in [6, 6.07) is 12.7. The Bertz CT molecular complexity index is 963. The van der Waals surface area contributed by atoms with E-state index in [0.29, 0.717) is 17.9 Å². The molecule has 2 aromatic carbocycles. The molecule has 1 amide bonds. The van der Waals surface area contributed by atoms with Gasteiger partial charge in [-0.3, -0.25) is 4.79 Å². The minimum atomic E-state index is -0.191. The predicted molar refractivity (Wildman–Crippen MR) is 99.5 cm³/mol. The van der Waals surface area contributed by atoms with Crippen molar-refractivity contribution in [1.82, 2.24) is 15.0 Å². The van der Waals surface area contributed by atoms with E-state index in [1.807, 2.05) is 35.8 Å². The lowest BCUT2D eigenvalue weighted by atomic mass is 10.2. The van der Waals surface area contributed by atoms with E-state index in [0.717, 1.165) is 16.9 Å². The first-order valence-corrected chi connectivity index (χ1v) is 8.19. The number of fused-ring (bicyclic) bond motifs is 1. The lowest BCUT2D eigenvalue weighted by Gasteiger charge is -2.06. The van der Waals surface area contributed by atoms with Crippen LogP contribution in [0.15, 0.2) is 47.6 Å². The zero-order valence-corrected chi connectivity index (χ0v) is 14.6. The van der Waals surface area contributed by atoms with Crippen LogP contribution in [0.25, 0.3) is 11.0 Å². The van der Waals surface area contributed by atoms with Crippen LogP contribution in [-0.4, -0.2) is 33.9 Å². The summed E-state index contributed by atoms with van der Waals surface area (Å²) in [5, 5.41) is 13.5. The summed E-state index contributed by atoms with van der Waals surface area (Å²) in [4.78, 5) is 16.5. The van der Waals surface area contributed by atoms with Crippen molar-refractivity contribution in [3.05, 3.63) is 53.9 Å². The first-order valence-electron chi connectivity index (χ1n) is 8.19. The molecule has 134 valence electrons. The second-order valence-electron chi connectivity index (χ2n) is 5.77. The van der Waals surface area contributed by atoms with E-state index >= 15 is 0 Å². The number of para-hydroxylation sites is 2. The number of methoxy groups -OCH3 is 1. The number of hydrogen-bond acceptors (Lipinski definition) is 5. The minimum absolute atomic E-state index is 0.0524. The van der Waals surface area contributed by atoms with Gasteiger partial charge < -0.3 is 14.4 Å². The number of nitrogens with one attached hydrogen (secondary N) is 1. The van der Waals surface area contributed by atoms with Crippen molar-refractivity contribution in [3.63, 3.8) is 0 Å². The van der Waals surface area contributed by atoms with Gasteiger partial charge >= 0.3 is 0 Å². The van der Waals surface area contributed by atoms with Gasteiger partial charge in [0.1, 0.15) is 5.82 Å². The normalized spacial score (nSPS) is 11.2. The van der Waals surface area contributed by atoms with Gasteiger partial charge in [0, 0.05) is 13.0 Å². The Balaban J connectivity index is 1.58. The number of ether oxygens (including phenoxy) is 1. The average Bonchev–Trinajstić information content (AvgIpc) is 2.96. The molecule has 0 bridgehead atoms. The number of nitrogens with zero attached hydrogens (tertiary/aromatic N) is 3. The van der Waals surface area contributed by atoms with Gasteiger partial charge in [0.05, 0.1) is 24.4 Å². The molecule has 0 atom stereocenters. The third-order valence-corrected chi connectivity index (χ3v) is 4.01. The first-order chi connectivity index (χ1) is 12.6. The maximum Gasteiger partial charge on any atom is 0.241 e. The summed E-state index contributed by atoms with van der Waals surface area (Å²) >= 11 is 0. The summed E-state index contributed by atoms with van der Waals surface area (Å²) in [5.41, 5.74) is 5.14. The fourth-order valence-corrected chi connectivity index (χ4v) is 2.70. The zero-order chi connectivity index (χ0) is 18.5. The third-order valence-electron chi connectivity index (χ3n) is 4.01. The van der Waals surface area contributed by atoms with E-state index in [1.54, 1.807) is 12.1 Å². The van der Waals surface area contributed by atoms with E-state index in [1.165, 1.54) is 19.4 Å². The Morgan fingerprint density at radius 2 is 2.15 bits per heavy atom. The highest BCUT2D eigenvalue weighted by Crippen LogP contribution is 2.25. The summed E-state index contributed by atoms with van der Waals surface area (Å²) < 4.78 is 7.05. The van der Waals surface area contributed by atoms with Gasteiger partial charge in [-0.05, 0) is 42.8 Å². The van der Waals surface area contributed by atoms with Gasteiger partial charge in [0.15, 0.2) is 11.5 Å².